The average molecular weight is 399 g/mol. The molecule has 1 aromatic heterocycles. The number of carbonyl (C=O) groups excluding carboxylic acids is 3. The number of para-hydroxylation sites is 1. The molecule has 152 valence electrons. The SMILES string of the molecule is CCOC(=O)c1nc(-c2ccccc2NC=C2C(=O)OC(C)(C)OC2=O)[nH]c1C. The molecule has 2 N–H and O–H groups in total. The monoisotopic (exact) mass is 399 g/mol. The molecule has 9 nitrogen and oxygen atoms in total. The third kappa shape index (κ3) is 4.29. The molecule has 1 aliphatic heterocycles. The summed E-state index contributed by atoms with van der Waals surface area (Å²) in [7, 11) is 0. The fourth-order valence-electron chi connectivity index (χ4n) is 2.73. The Morgan fingerprint density at radius 1 is 1.24 bits per heavy atom. The first-order valence-electron chi connectivity index (χ1n) is 8.98. The van der Waals surface area contributed by atoms with Gasteiger partial charge in [0.15, 0.2) is 11.3 Å². The fourth-order valence-corrected chi connectivity index (χ4v) is 2.73. The Kier molecular flexibility index (Phi) is 5.40. The highest BCUT2D eigenvalue weighted by atomic mass is 16.7. The molecule has 0 unspecified atom stereocenters. The number of nitrogens with zero attached hydrogens (tertiary/aromatic N) is 1. The minimum Gasteiger partial charge on any atom is -0.461 e. The first-order valence-corrected chi connectivity index (χ1v) is 8.98. The van der Waals surface area contributed by atoms with Crippen molar-refractivity contribution >= 4 is 23.6 Å². The van der Waals surface area contributed by atoms with Crippen molar-refractivity contribution in [3.63, 3.8) is 0 Å². The highest BCUT2D eigenvalue weighted by molar-refractivity contribution is 6.15. The number of hydrogen-bond acceptors (Lipinski definition) is 8. The predicted octanol–water partition coefficient (Wildman–Crippen LogP) is 2.69. The molecule has 0 bridgehead atoms. The molecule has 0 amide bonds. The third-order valence-electron chi connectivity index (χ3n) is 4.02. The Morgan fingerprint density at radius 3 is 2.55 bits per heavy atom. The van der Waals surface area contributed by atoms with Crippen molar-refractivity contribution in [1.29, 1.82) is 0 Å². The number of carbonyl (C=O) groups is 3. The number of esters is 3. The Hall–Kier alpha value is -3.62. The van der Waals surface area contributed by atoms with Crippen LogP contribution in [0.2, 0.25) is 0 Å². The maximum Gasteiger partial charge on any atom is 0.358 e. The number of aryl methyl sites for hydroxylation is 1. The van der Waals surface area contributed by atoms with Crippen molar-refractivity contribution in [2.24, 2.45) is 0 Å². The molecular weight excluding hydrogens is 378 g/mol. The van der Waals surface area contributed by atoms with Crippen LogP contribution in [-0.4, -0.2) is 40.3 Å². The largest absolute Gasteiger partial charge is 0.461 e. The molecule has 1 aliphatic rings. The highest BCUT2D eigenvalue weighted by Crippen LogP contribution is 2.28. The van der Waals surface area contributed by atoms with Crippen LogP contribution in [0.25, 0.3) is 11.4 Å². The first-order chi connectivity index (χ1) is 13.7. The van der Waals surface area contributed by atoms with Crippen LogP contribution in [0, 0.1) is 6.92 Å². The van der Waals surface area contributed by atoms with Crippen LogP contribution in [0.1, 0.15) is 37.0 Å². The summed E-state index contributed by atoms with van der Waals surface area (Å²) in [6.07, 6.45) is 1.22. The molecule has 1 saturated heterocycles. The minimum absolute atomic E-state index is 0.191. The van der Waals surface area contributed by atoms with E-state index in [9.17, 15) is 14.4 Å². The molecule has 0 spiro atoms. The zero-order valence-electron chi connectivity index (χ0n) is 16.5. The molecule has 0 saturated carbocycles. The van der Waals surface area contributed by atoms with Crippen LogP contribution < -0.4 is 5.32 Å². The number of hydrogen-bond donors (Lipinski definition) is 2. The van der Waals surface area contributed by atoms with E-state index in [-0.39, 0.29) is 17.9 Å². The van der Waals surface area contributed by atoms with Crippen molar-refractivity contribution in [2.75, 3.05) is 11.9 Å². The number of aromatic amines is 1. The summed E-state index contributed by atoms with van der Waals surface area (Å²) in [6.45, 7) is 6.63. The summed E-state index contributed by atoms with van der Waals surface area (Å²) < 4.78 is 15.1. The van der Waals surface area contributed by atoms with Gasteiger partial charge in [-0.15, -0.1) is 0 Å². The van der Waals surface area contributed by atoms with E-state index in [1.54, 1.807) is 38.1 Å². The van der Waals surface area contributed by atoms with E-state index < -0.39 is 23.7 Å². The van der Waals surface area contributed by atoms with Crippen LogP contribution in [-0.2, 0) is 23.8 Å². The predicted molar refractivity (Wildman–Crippen MR) is 103 cm³/mol. The zero-order chi connectivity index (χ0) is 21.2. The summed E-state index contributed by atoms with van der Waals surface area (Å²) in [4.78, 5) is 43.6. The number of anilines is 1. The van der Waals surface area contributed by atoms with Crippen molar-refractivity contribution < 1.29 is 28.6 Å². The maximum absolute atomic E-state index is 12.1. The Bertz CT molecular complexity index is 983. The fraction of sp³-hybridized carbons (Fsp3) is 0.300. The Balaban J connectivity index is 1.89. The number of benzene rings is 1. The average Bonchev–Trinajstić information content (AvgIpc) is 3.02. The Labute approximate surface area is 167 Å². The number of imidazole rings is 1. The van der Waals surface area contributed by atoms with E-state index in [0.29, 0.717) is 22.8 Å². The lowest BCUT2D eigenvalue weighted by Gasteiger charge is -2.29. The van der Waals surface area contributed by atoms with Gasteiger partial charge in [-0.25, -0.2) is 19.4 Å². The van der Waals surface area contributed by atoms with Crippen molar-refractivity contribution in [3.05, 3.63) is 47.4 Å². The number of cyclic esters (lactones) is 2. The van der Waals surface area contributed by atoms with Crippen LogP contribution in [0.4, 0.5) is 5.69 Å². The van der Waals surface area contributed by atoms with Crippen LogP contribution in [0.15, 0.2) is 36.0 Å². The van der Waals surface area contributed by atoms with Gasteiger partial charge in [-0.3, -0.25) is 0 Å². The van der Waals surface area contributed by atoms with Crippen molar-refractivity contribution in [2.45, 2.75) is 33.5 Å². The van der Waals surface area contributed by atoms with E-state index in [1.807, 2.05) is 0 Å². The van der Waals surface area contributed by atoms with Crippen LogP contribution in [0.5, 0.6) is 0 Å². The second kappa shape index (κ2) is 7.78. The smallest absolute Gasteiger partial charge is 0.358 e. The molecule has 3 rings (SSSR count). The van der Waals surface area contributed by atoms with Crippen molar-refractivity contribution in [1.82, 2.24) is 9.97 Å². The molecule has 9 heteroatoms. The second-order valence-corrected chi connectivity index (χ2v) is 6.71. The summed E-state index contributed by atoms with van der Waals surface area (Å²) >= 11 is 0. The molecule has 1 fully saturated rings. The van der Waals surface area contributed by atoms with Crippen LogP contribution in [0.3, 0.4) is 0 Å². The van der Waals surface area contributed by atoms with E-state index in [2.05, 4.69) is 15.3 Å². The number of H-pyrrole nitrogens is 1. The van der Waals surface area contributed by atoms with E-state index in [4.69, 9.17) is 14.2 Å². The van der Waals surface area contributed by atoms with E-state index >= 15 is 0 Å². The lowest BCUT2D eigenvalue weighted by atomic mass is 10.1. The topological polar surface area (TPSA) is 120 Å². The lowest BCUT2D eigenvalue weighted by molar-refractivity contribution is -0.222. The van der Waals surface area contributed by atoms with Gasteiger partial charge in [-0.1, -0.05) is 12.1 Å². The molecule has 2 aromatic rings. The standard InChI is InChI=1S/C20H21N3O6/c1-5-27-19(26)15-11(2)22-16(23-15)12-8-6-7-9-14(12)21-10-13-17(24)28-20(3,4)29-18(13)25/h6-10,21H,5H2,1-4H3,(H,22,23). The van der Waals surface area contributed by atoms with Crippen molar-refractivity contribution in [3.8, 4) is 11.4 Å². The number of rotatable bonds is 5. The molecule has 0 aliphatic carbocycles. The third-order valence-corrected chi connectivity index (χ3v) is 4.02. The van der Waals surface area contributed by atoms with Crippen LogP contribution >= 0.6 is 0 Å². The van der Waals surface area contributed by atoms with Gasteiger partial charge >= 0.3 is 17.9 Å². The molecule has 0 radical (unpaired) electrons. The van der Waals surface area contributed by atoms with Gasteiger partial charge in [-0.2, -0.15) is 0 Å². The summed E-state index contributed by atoms with van der Waals surface area (Å²) in [5.41, 5.74) is 1.67. The van der Waals surface area contributed by atoms with Gasteiger partial charge in [0, 0.05) is 37.0 Å². The lowest BCUT2D eigenvalue weighted by Crippen LogP contribution is -2.42. The number of nitrogens with one attached hydrogen (secondary N) is 2. The maximum atomic E-state index is 12.1. The number of aromatic nitrogens is 2. The van der Waals surface area contributed by atoms with Gasteiger partial charge < -0.3 is 24.5 Å². The van der Waals surface area contributed by atoms with Gasteiger partial charge in [0.05, 0.1) is 6.61 Å². The van der Waals surface area contributed by atoms with Gasteiger partial charge in [0.25, 0.3) is 5.79 Å². The summed E-state index contributed by atoms with van der Waals surface area (Å²) in [6, 6.07) is 7.07. The van der Waals surface area contributed by atoms with Gasteiger partial charge in [0.1, 0.15) is 5.82 Å². The minimum atomic E-state index is -1.31. The summed E-state index contributed by atoms with van der Waals surface area (Å²) in [5.74, 6) is -2.96. The number of ether oxygens (including phenoxy) is 3. The second-order valence-electron chi connectivity index (χ2n) is 6.71. The molecular formula is C20H21N3O6. The van der Waals surface area contributed by atoms with E-state index in [0.717, 1.165) is 0 Å². The quantitative estimate of drug-likeness (QED) is 0.447. The zero-order valence-corrected chi connectivity index (χ0v) is 16.5. The first kappa shape index (κ1) is 20.1. The van der Waals surface area contributed by atoms with E-state index in [1.165, 1.54) is 20.0 Å². The molecule has 2 heterocycles. The highest BCUT2D eigenvalue weighted by Gasteiger charge is 2.39. The summed E-state index contributed by atoms with van der Waals surface area (Å²) in [5, 5.41) is 2.91. The van der Waals surface area contributed by atoms with Gasteiger partial charge in [0.2, 0.25) is 0 Å². The Morgan fingerprint density at radius 2 is 1.90 bits per heavy atom. The molecule has 1 aromatic carbocycles. The molecule has 0 atom stereocenters. The molecule has 29 heavy (non-hydrogen) atoms. The van der Waals surface area contributed by atoms with Gasteiger partial charge in [-0.05, 0) is 26.0 Å². The normalized spacial score (nSPS) is 15.4.